The first-order valence-electron chi connectivity index (χ1n) is 4.93. The fourth-order valence-electron chi connectivity index (χ4n) is 1.73. The van der Waals surface area contributed by atoms with Gasteiger partial charge in [-0.15, -0.1) is 19.0 Å². The van der Waals surface area contributed by atoms with Crippen molar-refractivity contribution in [1.29, 1.82) is 0 Å². The molecule has 0 spiro atoms. The predicted octanol–water partition coefficient (Wildman–Crippen LogP) is 0.856. The molecule has 0 bridgehead atoms. The maximum atomic E-state index is 11.9. The molecule has 0 saturated heterocycles. The number of hydrogen-bond acceptors (Lipinski definition) is 3. The van der Waals surface area contributed by atoms with Crippen molar-refractivity contribution in [3.05, 3.63) is 12.7 Å². The number of carbonyl (C=O) groups is 1. The third-order valence-corrected chi connectivity index (χ3v) is 5.16. The molecule has 2 saturated carbocycles. The second-order valence-corrected chi connectivity index (χ2v) is 6.17. The maximum absolute atomic E-state index is 11.9. The molecule has 2 N–H and O–H groups in total. The minimum Gasteiger partial charge on any atom is -0.351 e. The van der Waals surface area contributed by atoms with Crippen LogP contribution in [0.5, 0.6) is 0 Å². The summed E-state index contributed by atoms with van der Waals surface area (Å²) in [6.45, 7) is 3.58. The molecule has 0 heterocycles. The van der Waals surface area contributed by atoms with Crippen LogP contribution in [0.25, 0.3) is 0 Å². The van der Waals surface area contributed by atoms with Gasteiger partial charge in [-0.05, 0) is 19.3 Å². The lowest BCUT2D eigenvalue weighted by atomic mass is 10.4. The zero-order valence-corrected chi connectivity index (χ0v) is 10.3. The molecule has 0 aliphatic heterocycles. The Hall–Kier alpha value is -0.750. The quantitative estimate of drug-likeness (QED) is 0.766. The van der Waals surface area contributed by atoms with Crippen LogP contribution >= 0.6 is 12.4 Å². The van der Waals surface area contributed by atoms with Gasteiger partial charge < -0.3 is 5.73 Å². The van der Waals surface area contributed by atoms with Crippen LogP contribution in [0.1, 0.15) is 19.3 Å². The number of rotatable bonds is 4. The van der Waals surface area contributed by atoms with Crippen LogP contribution in [-0.4, -0.2) is 30.0 Å². The summed E-state index contributed by atoms with van der Waals surface area (Å²) in [7, 11) is -3.50. The number of hydrogen-bond donors (Lipinski definition) is 1. The summed E-state index contributed by atoms with van der Waals surface area (Å²) in [6, 6.07) is -1.15. The van der Waals surface area contributed by atoms with E-state index in [1.54, 1.807) is 6.08 Å². The molecule has 2 atom stereocenters. The van der Waals surface area contributed by atoms with Crippen molar-refractivity contribution in [3.63, 3.8) is 0 Å². The van der Waals surface area contributed by atoms with E-state index < -0.39 is 21.3 Å². The summed E-state index contributed by atoms with van der Waals surface area (Å²) in [5.41, 5.74) is 5.12. The summed E-state index contributed by atoms with van der Waals surface area (Å²) in [4.78, 5) is 11.2. The molecule has 16 heavy (non-hydrogen) atoms. The third-order valence-electron chi connectivity index (χ3n) is 2.85. The Bertz CT molecular complexity index is 405. The van der Waals surface area contributed by atoms with Crippen molar-refractivity contribution >= 4 is 28.5 Å². The molecule has 2 unspecified atom stereocenters. The second-order valence-electron chi connectivity index (χ2n) is 4.08. The molecule has 2 aliphatic carbocycles. The van der Waals surface area contributed by atoms with Crippen molar-refractivity contribution in [2.24, 2.45) is 11.7 Å². The van der Waals surface area contributed by atoms with E-state index >= 15 is 0 Å². The van der Waals surface area contributed by atoms with Crippen molar-refractivity contribution in [3.8, 4) is 0 Å². The SMILES string of the molecule is C=CC1CC1N(C(N)=O)S(=O)(=O)C1CC1.Cl. The van der Waals surface area contributed by atoms with Crippen LogP contribution in [0.2, 0.25) is 0 Å². The largest absolute Gasteiger partial charge is 0.351 e. The van der Waals surface area contributed by atoms with Crippen LogP contribution < -0.4 is 5.73 Å². The first-order chi connectivity index (χ1) is 6.98. The summed E-state index contributed by atoms with van der Waals surface area (Å²) in [5.74, 6) is 0.0750. The smallest absolute Gasteiger partial charge is 0.328 e. The Morgan fingerprint density at radius 3 is 2.31 bits per heavy atom. The Morgan fingerprint density at radius 2 is 2.00 bits per heavy atom. The van der Waals surface area contributed by atoms with Gasteiger partial charge in [0, 0.05) is 5.92 Å². The van der Waals surface area contributed by atoms with Crippen LogP contribution in [0.3, 0.4) is 0 Å². The molecule has 2 aliphatic rings. The predicted molar refractivity (Wildman–Crippen MR) is 62.7 cm³/mol. The lowest BCUT2D eigenvalue weighted by Gasteiger charge is -2.19. The molecule has 0 aromatic carbocycles. The van der Waals surface area contributed by atoms with Crippen LogP contribution in [0.4, 0.5) is 4.79 Å². The normalized spacial score (nSPS) is 27.8. The van der Waals surface area contributed by atoms with Gasteiger partial charge >= 0.3 is 6.03 Å². The number of amides is 2. The van der Waals surface area contributed by atoms with Crippen molar-refractivity contribution in [2.75, 3.05) is 0 Å². The summed E-state index contributed by atoms with van der Waals surface area (Å²) in [6.07, 6.45) is 3.59. The van der Waals surface area contributed by atoms with Gasteiger partial charge in [0.05, 0.1) is 11.3 Å². The highest BCUT2D eigenvalue weighted by molar-refractivity contribution is 7.90. The number of nitrogens with two attached hydrogens (primary N) is 1. The fourth-order valence-corrected chi connectivity index (χ4v) is 3.65. The highest BCUT2D eigenvalue weighted by atomic mass is 35.5. The number of sulfonamides is 1. The number of urea groups is 1. The average molecular weight is 267 g/mol. The van der Waals surface area contributed by atoms with E-state index in [1.165, 1.54) is 0 Å². The Kier molecular flexibility index (Phi) is 3.54. The number of primary amides is 1. The van der Waals surface area contributed by atoms with E-state index in [1.807, 2.05) is 0 Å². The molecular weight excluding hydrogens is 252 g/mol. The second kappa shape index (κ2) is 4.25. The van der Waals surface area contributed by atoms with Crippen molar-refractivity contribution in [2.45, 2.75) is 30.6 Å². The van der Waals surface area contributed by atoms with Crippen LogP contribution in [0.15, 0.2) is 12.7 Å². The fraction of sp³-hybridized carbons (Fsp3) is 0.667. The molecule has 0 aromatic rings. The van der Waals surface area contributed by atoms with Gasteiger partial charge in [0.25, 0.3) is 0 Å². The summed E-state index contributed by atoms with van der Waals surface area (Å²) in [5, 5.41) is -0.393. The Morgan fingerprint density at radius 1 is 1.44 bits per heavy atom. The zero-order chi connectivity index (χ0) is 11.2. The lowest BCUT2D eigenvalue weighted by Crippen LogP contribution is -2.44. The monoisotopic (exact) mass is 266 g/mol. The standard InChI is InChI=1S/C9H14N2O3S.ClH/c1-2-6-5-8(6)11(9(10)12)15(13,14)7-3-4-7;/h2,6-8H,1,3-5H2,(H2,10,12);1H. The molecule has 92 valence electrons. The topological polar surface area (TPSA) is 80.5 Å². The van der Waals surface area contributed by atoms with Gasteiger partial charge in [-0.2, -0.15) is 0 Å². The minimum atomic E-state index is -3.50. The number of halogens is 1. The Balaban J connectivity index is 0.00000128. The molecule has 2 amide bonds. The van der Waals surface area contributed by atoms with Crippen molar-refractivity contribution in [1.82, 2.24) is 4.31 Å². The van der Waals surface area contributed by atoms with E-state index in [-0.39, 0.29) is 24.4 Å². The molecule has 0 aromatic heterocycles. The molecule has 7 heteroatoms. The summed E-state index contributed by atoms with van der Waals surface area (Å²) < 4.78 is 24.6. The molecule has 2 rings (SSSR count). The van der Waals surface area contributed by atoms with Gasteiger partial charge in [-0.25, -0.2) is 17.5 Å². The van der Waals surface area contributed by atoms with Gasteiger partial charge in [0.1, 0.15) is 0 Å². The molecular formula is C9H15ClN2O3S. The third kappa shape index (κ3) is 2.17. The first kappa shape index (κ1) is 13.3. The maximum Gasteiger partial charge on any atom is 0.328 e. The van der Waals surface area contributed by atoms with Crippen molar-refractivity contribution < 1.29 is 13.2 Å². The van der Waals surface area contributed by atoms with Crippen LogP contribution in [0, 0.1) is 5.92 Å². The van der Waals surface area contributed by atoms with E-state index in [9.17, 15) is 13.2 Å². The van der Waals surface area contributed by atoms with E-state index in [4.69, 9.17) is 5.73 Å². The van der Waals surface area contributed by atoms with E-state index in [2.05, 4.69) is 6.58 Å². The summed E-state index contributed by atoms with van der Waals surface area (Å²) >= 11 is 0. The number of nitrogens with zero attached hydrogens (tertiary/aromatic N) is 1. The first-order valence-corrected chi connectivity index (χ1v) is 6.44. The molecule has 0 radical (unpaired) electrons. The number of carbonyl (C=O) groups excluding carboxylic acids is 1. The average Bonchev–Trinajstić information content (AvgIpc) is 2.99. The van der Waals surface area contributed by atoms with E-state index in [0.29, 0.717) is 19.3 Å². The van der Waals surface area contributed by atoms with Gasteiger partial charge in [-0.3, -0.25) is 0 Å². The van der Waals surface area contributed by atoms with Gasteiger partial charge in [0.2, 0.25) is 10.0 Å². The highest BCUT2D eigenvalue weighted by Gasteiger charge is 2.51. The molecule has 2 fully saturated rings. The van der Waals surface area contributed by atoms with Gasteiger partial charge in [0.15, 0.2) is 0 Å². The van der Waals surface area contributed by atoms with Gasteiger partial charge in [-0.1, -0.05) is 6.08 Å². The minimum absolute atomic E-state index is 0. The highest BCUT2D eigenvalue weighted by Crippen LogP contribution is 2.41. The zero-order valence-electron chi connectivity index (χ0n) is 8.70. The molecule has 5 nitrogen and oxygen atoms in total. The van der Waals surface area contributed by atoms with E-state index in [0.717, 1.165) is 4.31 Å². The van der Waals surface area contributed by atoms with Crippen LogP contribution in [-0.2, 0) is 10.0 Å². The Labute approximate surface area is 101 Å². The lowest BCUT2D eigenvalue weighted by molar-refractivity contribution is 0.230.